The molecule has 2 rings (SSSR count). The zero-order chi connectivity index (χ0) is 11.4. The minimum atomic E-state index is 0.307. The summed E-state index contributed by atoms with van der Waals surface area (Å²) in [5.74, 6) is 0. The van der Waals surface area contributed by atoms with Gasteiger partial charge in [0.25, 0.3) is 0 Å². The van der Waals surface area contributed by atoms with Gasteiger partial charge in [0.05, 0.1) is 22.9 Å². The largest absolute Gasteiger partial charge is 0.375 e. The maximum atomic E-state index is 6.09. The Balaban J connectivity index is 2.17. The highest BCUT2D eigenvalue weighted by atomic mass is 35.5. The molecule has 0 aliphatic rings. The van der Waals surface area contributed by atoms with E-state index in [1.54, 1.807) is 29.8 Å². The summed E-state index contributed by atoms with van der Waals surface area (Å²) in [5.41, 5.74) is 0.893. The van der Waals surface area contributed by atoms with Gasteiger partial charge in [-0.1, -0.05) is 24.6 Å². The van der Waals surface area contributed by atoms with Crippen LogP contribution in [0.3, 0.4) is 0 Å². The van der Waals surface area contributed by atoms with Crippen LogP contribution in [0.1, 0.15) is 24.3 Å². The third-order valence-corrected chi connectivity index (χ3v) is 3.71. The monoisotopic (exact) mass is 252 g/mol. The van der Waals surface area contributed by atoms with E-state index in [1.807, 2.05) is 0 Å². The van der Waals surface area contributed by atoms with E-state index >= 15 is 0 Å². The lowest BCUT2D eigenvalue weighted by molar-refractivity contribution is 0.763. The zero-order valence-electron chi connectivity index (χ0n) is 8.98. The molecule has 1 N–H and O–H groups in total. The number of hydrogen-bond donors (Lipinski definition) is 1. The maximum absolute atomic E-state index is 6.09. The molecule has 1 atom stereocenters. The quantitative estimate of drug-likeness (QED) is 0.875. The topological polar surface area (TPSA) is 24.9 Å². The molecule has 0 spiro atoms. The third kappa shape index (κ3) is 2.54. The molecule has 84 valence electrons. The first-order valence-corrected chi connectivity index (χ1v) is 6.46. The molecule has 2 nitrogen and oxygen atoms in total. The molecule has 0 fully saturated rings. The number of pyridine rings is 1. The van der Waals surface area contributed by atoms with E-state index in [1.165, 1.54) is 4.88 Å². The molecule has 0 bridgehead atoms. The highest BCUT2D eigenvalue weighted by Gasteiger charge is 2.11. The van der Waals surface area contributed by atoms with E-state index in [-0.39, 0.29) is 0 Å². The van der Waals surface area contributed by atoms with Gasteiger partial charge in [-0.25, -0.2) is 0 Å². The molecule has 2 heterocycles. The van der Waals surface area contributed by atoms with E-state index in [9.17, 15) is 0 Å². The standard InChI is InChI=1S/C12H13ClN2S/c1-2-10(12-4-3-7-16-12)15-11-8-14-6-5-9(11)13/h3-8,10,15H,2H2,1H3. The van der Waals surface area contributed by atoms with Crippen molar-refractivity contribution in [3.63, 3.8) is 0 Å². The van der Waals surface area contributed by atoms with Crippen LogP contribution >= 0.6 is 22.9 Å². The van der Waals surface area contributed by atoms with Crippen molar-refractivity contribution >= 4 is 28.6 Å². The fourth-order valence-corrected chi connectivity index (χ4v) is 2.56. The smallest absolute Gasteiger partial charge is 0.0721 e. The van der Waals surface area contributed by atoms with Crippen LogP contribution in [0.25, 0.3) is 0 Å². The summed E-state index contributed by atoms with van der Waals surface area (Å²) in [7, 11) is 0. The Hall–Kier alpha value is -1.06. The van der Waals surface area contributed by atoms with Crippen LogP contribution in [0.5, 0.6) is 0 Å². The number of halogens is 1. The average molecular weight is 253 g/mol. The number of nitrogens with zero attached hydrogens (tertiary/aromatic N) is 1. The summed E-state index contributed by atoms with van der Waals surface area (Å²) in [4.78, 5) is 5.39. The van der Waals surface area contributed by atoms with Gasteiger partial charge in [-0.05, 0) is 23.9 Å². The van der Waals surface area contributed by atoms with Gasteiger partial charge in [0.1, 0.15) is 0 Å². The second-order valence-corrected chi connectivity index (χ2v) is 4.86. The van der Waals surface area contributed by atoms with Gasteiger partial charge in [-0.2, -0.15) is 0 Å². The average Bonchev–Trinajstić information content (AvgIpc) is 2.81. The van der Waals surface area contributed by atoms with Crippen LogP contribution in [-0.4, -0.2) is 4.98 Å². The van der Waals surface area contributed by atoms with Gasteiger partial charge in [0, 0.05) is 11.1 Å². The first kappa shape index (κ1) is 11.4. The summed E-state index contributed by atoms with van der Waals surface area (Å²) >= 11 is 7.84. The van der Waals surface area contributed by atoms with Crippen LogP contribution in [0.2, 0.25) is 5.02 Å². The van der Waals surface area contributed by atoms with Crippen molar-refractivity contribution in [1.29, 1.82) is 0 Å². The Morgan fingerprint density at radius 2 is 2.38 bits per heavy atom. The van der Waals surface area contributed by atoms with Crippen molar-refractivity contribution in [3.8, 4) is 0 Å². The SMILES string of the molecule is CCC(Nc1cnccc1Cl)c1cccs1. The minimum Gasteiger partial charge on any atom is -0.375 e. The number of hydrogen-bond acceptors (Lipinski definition) is 3. The van der Waals surface area contributed by atoms with E-state index in [0.717, 1.165) is 12.1 Å². The first-order valence-electron chi connectivity index (χ1n) is 5.20. The highest BCUT2D eigenvalue weighted by Crippen LogP contribution is 2.29. The lowest BCUT2D eigenvalue weighted by Crippen LogP contribution is -2.08. The number of anilines is 1. The Kier molecular flexibility index (Phi) is 3.80. The molecular formula is C12H13ClN2S. The molecule has 0 saturated heterocycles. The first-order chi connectivity index (χ1) is 7.81. The van der Waals surface area contributed by atoms with Crippen LogP contribution in [0.4, 0.5) is 5.69 Å². The number of thiophene rings is 1. The van der Waals surface area contributed by atoms with Crippen LogP contribution in [0, 0.1) is 0 Å². The maximum Gasteiger partial charge on any atom is 0.0721 e. The molecule has 1 unspecified atom stereocenters. The minimum absolute atomic E-state index is 0.307. The van der Waals surface area contributed by atoms with Crippen molar-refractivity contribution < 1.29 is 0 Å². The predicted octanol–water partition coefficient (Wildman–Crippen LogP) is 4.36. The third-order valence-electron chi connectivity index (χ3n) is 2.39. The lowest BCUT2D eigenvalue weighted by Gasteiger charge is -2.17. The fourth-order valence-electron chi connectivity index (χ4n) is 1.54. The summed E-state index contributed by atoms with van der Waals surface area (Å²) in [5, 5.41) is 6.22. The zero-order valence-corrected chi connectivity index (χ0v) is 10.6. The summed E-state index contributed by atoms with van der Waals surface area (Å²) in [6.07, 6.45) is 4.48. The highest BCUT2D eigenvalue weighted by molar-refractivity contribution is 7.10. The van der Waals surface area contributed by atoms with Gasteiger partial charge < -0.3 is 5.32 Å². The van der Waals surface area contributed by atoms with Crippen molar-refractivity contribution in [3.05, 3.63) is 45.9 Å². The molecule has 0 radical (unpaired) electrons. The normalized spacial score (nSPS) is 12.4. The van der Waals surface area contributed by atoms with Gasteiger partial charge in [0.15, 0.2) is 0 Å². The Morgan fingerprint density at radius 1 is 1.50 bits per heavy atom. The van der Waals surface area contributed by atoms with Crippen LogP contribution < -0.4 is 5.32 Å². The van der Waals surface area contributed by atoms with Crippen molar-refractivity contribution in [2.24, 2.45) is 0 Å². The van der Waals surface area contributed by atoms with Crippen molar-refractivity contribution in [1.82, 2.24) is 4.98 Å². The van der Waals surface area contributed by atoms with Crippen molar-refractivity contribution in [2.75, 3.05) is 5.32 Å². The number of nitrogens with one attached hydrogen (secondary N) is 1. The van der Waals surface area contributed by atoms with Gasteiger partial charge in [-0.15, -0.1) is 11.3 Å². The summed E-state index contributed by atoms with van der Waals surface area (Å²) in [6, 6.07) is 6.30. The molecule has 2 aromatic rings. The second-order valence-electron chi connectivity index (χ2n) is 3.48. The summed E-state index contributed by atoms with van der Waals surface area (Å²) in [6.45, 7) is 2.15. The molecule has 0 saturated carbocycles. The lowest BCUT2D eigenvalue weighted by atomic mass is 10.2. The van der Waals surface area contributed by atoms with E-state index < -0.39 is 0 Å². The fraction of sp³-hybridized carbons (Fsp3) is 0.250. The summed E-state index contributed by atoms with van der Waals surface area (Å²) < 4.78 is 0. The Bertz CT molecular complexity index is 442. The van der Waals surface area contributed by atoms with Gasteiger partial charge in [-0.3, -0.25) is 4.98 Å². The van der Waals surface area contributed by atoms with Crippen LogP contribution in [0.15, 0.2) is 36.0 Å². The van der Waals surface area contributed by atoms with E-state index in [2.05, 4.69) is 34.7 Å². The molecule has 16 heavy (non-hydrogen) atoms. The van der Waals surface area contributed by atoms with Crippen molar-refractivity contribution in [2.45, 2.75) is 19.4 Å². The van der Waals surface area contributed by atoms with E-state index in [4.69, 9.17) is 11.6 Å². The Morgan fingerprint density at radius 3 is 3.00 bits per heavy atom. The van der Waals surface area contributed by atoms with Gasteiger partial charge >= 0.3 is 0 Å². The van der Waals surface area contributed by atoms with Crippen LogP contribution in [-0.2, 0) is 0 Å². The molecular weight excluding hydrogens is 240 g/mol. The van der Waals surface area contributed by atoms with Gasteiger partial charge in [0.2, 0.25) is 0 Å². The molecule has 0 aliphatic carbocycles. The second kappa shape index (κ2) is 5.32. The number of aromatic nitrogens is 1. The van der Waals surface area contributed by atoms with E-state index in [0.29, 0.717) is 11.1 Å². The molecule has 0 amide bonds. The molecule has 2 aromatic heterocycles. The Labute approximate surface area is 104 Å². The molecule has 0 aromatic carbocycles. The molecule has 0 aliphatic heterocycles. The predicted molar refractivity (Wildman–Crippen MR) is 70.2 cm³/mol. The molecule has 4 heteroatoms. The number of rotatable bonds is 4.